The summed E-state index contributed by atoms with van der Waals surface area (Å²) >= 11 is 0. The molecule has 0 atom stereocenters. The zero-order chi connectivity index (χ0) is 22.8. The summed E-state index contributed by atoms with van der Waals surface area (Å²) in [5.74, 6) is -2.34. The molecule has 1 aliphatic rings. The van der Waals surface area contributed by atoms with Crippen LogP contribution in [0.4, 0.5) is 30.7 Å². The number of halogens is 7. The first-order chi connectivity index (χ1) is 14.5. The molecule has 1 saturated carbocycles. The Morgan fingerprint density at radius 2 is 1.55 bits per heavy atom. The molecule has 0 amide bonds. The second kappa shape index (κ2) is 9.09. The highest BCUT2D eigenvalue weighted by atomic mass is 19.4. The van der Waals surface area contributed by atoms with E-state index in [-0.39, 0.29) is 12.1 Å². The third kappa shape index (κ3) is 5.92. The molecule has 8 heteroatoms. The van der Waals surface area contributed by atoms with Crippen molar-refractivity contribution in [1.82, 2.24) is 0 Å². The first-order valence-corrected chi connectivity index (χ1v) is 10.2. The maximum absolute atomic E-state index is 14.3. The Balaban J connectivity index is 1.67. The Morgan fingerprint density at radius 3 is 2.13 bits per heavy atom. The van der Waals surface area contributed by atoms with Crippen molar-refractivity contribution in [2.45, 2.75) is 57.7 Å². The Morgan fingerprint density at radius 1 is 0.871 bits per heavy atom. The number of alkyl halides is 5. The number of hydrogen-bond donors (Lipinski definition) is 0. The molecule has 31 heavy (non-hydrogen) atoms. The van der Waals surface area contributed by atoms with Crippen LogP contribution in [0.2, 0.25) is 0 Å². The van der Waals surface area contributed by atoms with E-state index in [4.69, 9.17) is 0 Å². The molecule has 1 fully saturated rings. The first-order valence-electron chi connectivity index (χ1n) is 10.2. The summed E-state index contributed by atoms with van der Waals surface area (Å²) in [5, 5.41) is 0. The number of rotatable bonds is 6. The van der Waals surface area contributed by atoms with Gasteiger partial charge in [0, 0.05) is 0 Å². The molecule has 1 aliphatic carbocycles. The van der Waals surface area contributed by atoms with Crippen molar-refractivity contribution in [3.63, 3.8) is 0 Å². The van der Waals surface area contributed by atoms with Crippen LogP contribution < -0.4 is 4.74 Å². The summed E-state index contributed by atoms with van der Waals surface area (Å²) in [6.45, 7) is 2.22. The van der Waals surface area contributed by atoms with Crippen LogP contribution in [0.25, 0.3) is 0 Å². The molecule has 2 aromatic rings. The van der Waals surface area contributed by atoms with E-state index in [2.05, 4.69) is 11.7 Å². The van der Waals surface area contributed by atoms with E-state index in [9.17, 15) is 30.7 Å². The molecule has 3 rings (SSSR count). The molecule has 2 aromatic carbocycles. The van der Waals surface area contributed by atoms with Crippen molar-refractivity contribution in [1.29, 1.82) is 0 Å². The van der Waals surface area contributed by atoms with Crippen LogP contribution in [0.15, 0.2) is 36.4 Å². The monoisotopic (exact) mass is 448 g/mol. The fraction of sp³-hybridized carbons (Fsp3) is 0.478. The molecule has 0 spiro atoms. The van der Waals surface area contributed by atoms with Crippen LogP contribution in [0, 0.1) is 23.5 Å². The number of benzene rings is 2. The minimum atomic E-state index is -5.02. The van der Waals surface area contributed by atoms with Gasteiger partial charge >= 0.3 is 12.3 Å². The lowest BCUT2D eigenvalue weighted by Gasteiger charge is -2.26. The van der Waals surface area contributed by atoms with Gasteiger partial charge in [0.1, 0.15) is 5.82 Å². The first kappa shape index (κ1) is 23.4. The SMILES string of the molecule is CC1CCC(CCc2ccc(OC(F)(F)c3ccc(C(F)(F)F)c(F)c3)c(F)c2)CC1. The van der Waals surface area contributed by atoms with Crippen molar-refractivity contribution in [2.75, 3.05) is 0 Å². The largest absolute Gasteiger partial charge is 0.426 e. The van der Waals surface area contributed by atoms with Crippen molar-refractivity contribution in [2.24, 2.45) is 11.8 Å². The predicted octanol–water partition coefficient (Wildman–Crippen LogP) is 7.87. The van der Waals surface area contributed by atoms with E-state index in [0.29, 0.717) is 24.0 Å². The van der Waals surface area contributed by atoms with Crippen LogP contribution in [-0.4, -0.2) is 0 Å². The van der Waals surface area contributed by atoms with Gasteiger partial charge in [-0.3, -0.25) is 0 Å². The molecular formula is C23H23F7O. The number of ether oxygens (including phenoxy) is 1. The standard InChI is InChI=1S/C23H23F7O/c1-14-2-4-15(5-3-14)6-7-16-8-11-21(20(25)12-16)31-23(29,30)17-9-10-18(19(24)13-17)22(26,27)28/h8-15H,2-7H2,1H3. The van der Waals surface area contributed by atoms with E-state index in [1.54, 1.807) is 0 Å². The number of hydrogen-bond acceptors (Lipinski definition) is 1. The van der Waals surface area contributed by atoms with Crippen LogP contribution in [0.5, 0.6) is 5.75 Å². The minimum absolute atomic E-state index is 0.0418. The average molecular weight is 448 g/mol. The highest BCUT2D eigenvalue weighted by molar-refractivity contribution is 5.32. The highest BCUT2D eigenvalue weighted by Crippen LogP contribution is 2.37. The topological polar surface area (TPSA) is 9.23 Å². The summed E-state index contributed by atoms with van der Waals surface area (Å²) < 4.78 is 98.8. The normalized spacial score (nSPS) is 20.0. The molecule has 0 N–H and O–H groups in total. The van der Waals surface area contributed by atoms with Gasteiger partial charge in [-0.05, 0) is 60.6 Å². The molecule has 170 valence electrons. The lowest BCUT2D eigenvalue weighted by Crippen LogP contribution is -2.23. The van der Waals surface area contributed by atoms with E-state index in [1.165, 1.54) is 18.9 Å². The van der Waals surface area contributed by atoms with Gasteiger partial charge in [-0.2, -0.15) is 22.0 Å². The van der Waals surface area contributed by atoms with Gasteiger partial charge in [0.15, 0.2) is 11.6 Å². The summed E-state index contributed by atoms with van der Waals surface area (Å²) in [6, 6.07) is 4.30. The van der Waals surface area contributed by atoms with Gasteiger partial charge < -0.3 is 4.74 Å². The zero-order valence-corrected chi connectivity index (χ0v) is 16.9. The fourth-order valence-electron chi connectivity index (χ4n) is 3.89. The third-order valence-electron chi connectivity index (χ3n) is 5.82. The van der Waals surface area contributed by atoms with Crippen molar-refractivity contribution >= 4 is 0 Å². The zero-order valence-electron chi connectivity index (χ0n) is 16.9. The Kier molecular flexibility index (Phi) is 6.86. The quantitative estimate of drug-likeness (QED) is 0.409. The second-order valence-electron chi connectivity index (χ2n) is 8.24. The molecule has 1 nitrogen and oxygen atoms in total. The van der Waals surface area contributed by atoms with Crippen LogP contribution in [0.1, 0.15) is 55.7 Å². The van der Waals surface area contributed by atoms with Gasteiger partial charge in [0.2, 0.25) is 0 Å². The minimum Gasteiger partial charge on any atom is -0.426 e. The Labute approximate surface area is 176 Å². The van der Waals surface area contributed by atoms with E-state index in [1.807, 2.05) is 0 Å². The fourth-order valence-corrected chi connectivity index (χ4v) is 3.89. The molecule has 0 aromatic heterocycles. The Bertz CT molecular complexity index is 899. The smallest absolute Gasteiger partial charge is 0.426 e. The van der Waals surface area contributed by atoms with E-state index >= 15 is 0 Å². The van der Waals surface area contributed by atoms with Crippen LogP contribution >= 0.6 is 0 Å². The lowest BCUT2D eigenvalue weighted by atomic mass is 9.80. The van der Waals surface area contributed by atoms with Gasteiger partial charge in [0.05, 0.1) is 11.1 Å². The number of aryl methyl sites for hydroxylation is 1. The van der Waals surface area contributed by atoms with Crippen molar-refractivity contribution < 1.29 is 35.5 Å². The maximum Gasteiger partial charge on any atom is 0.426 e. The molecule has 0 radical (unpaired) electrons. The maximum atomic E-state index is 14.3. The Hall–Kier alpha value is -2.25. The van der Waals surface area contributed by atoms with E-state index < -0.39 is 40.8 Å². The van der Waals surface area contributed by atoms with Crippen LogP contribution in [0.3, 0.4) is 0 Å². The molecule has 0 unspecified atom stereocenters. The van der Waals surface area contributed by atoms with E-state index in [0.717, 1.165) is 37.3 Å². The summed E-state index contributed by atoms with van der Waals surface area (Å²) in [6.07, 6.45) is -3.15. The van der Waals surface area contributed by atoms with Gasteiger partial charge in [-0.1, -0.05) is 38.7 Å². The lowest BCUT2D eigenvalue weighted by molar-refractivity contribution is -0.187. The average Bonchev–Trinajstić information content (AvgIpc) is 2.68. The van der Waals surface area contributed by atoms with Crippen LogP contribution in [-0.2, 0) is 18.7 Å². The second-order valence-corrected chi connectivity index (χ2v) is 8.24. The molecule has 0 bridgehead atoms. The highest BCUT2D eigenvalue weighted by Gasteiger charge is 2.39. The van der Waals surface area contributed by atoms with Gasteiger partial charge in [-0.25, -0.2) is 8.78 Å². The molecule has 0 saturated heterocycles. The summed E-state index contributed by atoms with van der Waals surface area (Å²) in [5.41, 5.74) is -2.17. The van der Waals surface area contributed by atoms with Crippen molar-refractivity contribution in [3.8, 4) is 5.75 Å². The molecule has 0 aliphatic heterocycles. The predicted molar refractivity (Wildman–Crippen MR) is 102 cm³/mol. The summed E-state index contributed by atoms with van der Waals surface area (Å²) in [4.78, 5) is 0. The third-order valence-corrected chi connectivity index (χ3v) is 5.82. The summed E-state index contributed by atoms with van der Waals surface area (Å²) in [7, 11) is 0. The molecular weight excluding hydrogens is 425 g/mol. The van der Waals surface area contributed by atoms with Gasteiger partial charge in [-0.15, -0.1) is 0 Å². The molecule has 0 heterocycles. The van der Waals surface area contributed by atoms with Gasteiger partial charge in [0.25, 0.3) is 0 Å². The van der Waals surface area contributed by atoms with Crippen molar-refractivity contribution in [3.05, 3.63) is 64.7 Å².